The van der Waals surface area contributed by atoms with E-state index in [9.17, 15) is 0 Å². The van der Waals surface area contributed by atoms with Crippen molar-refractivity contribution in [1.29, 1.82) is 0 Å². The van der Waals surface area contributed by atoms with Crippen LogP contribution in [0.4, 0.5) is 0 Å². The van der Waals surface area contributed by atoms with Crippen LogP contribution in [0.5, 0.6) is 0 Å². The molecule has 2 rings (SSSR count). The predicted molar refractivity (Wildman–Crippen MR) is 39.8 cm³/mol. The normalized spacial score (nSPS) is 9.20. The van der Waals surface area contributed by atoms with Crippen molar-refractivity contribution in [3.63, 3.8) is 0 Å². The van der Waals surface area contributed by atoms with Crippen LogP contribution in [0, 0.1) is 0 Å². The largest absolute Gasteiger partial charge is 0.443 e. The molecule has 2 aromatic rings. The molecule has 1 aromatic heterocycles. The third-order valence-corrected chi connectivity index (χ3v) is 1.24. The Hall–Kier alpha value is -0.791. The summed E-state index contributed by atoms with van der Waals surface area (Å²) in [5, 5.41) is 0. The molecular weight excluding hydrogens is 193 g/mol. The standard InChI is InChI=1S/C7H5NO.Se/c1-2-4-7-6(3-1)8-5-9-7;/h1-5H;. The Morgan fingerprint density at radius 3 is 2.80 bits per heavy atom. The number of oxazole rings is 1. The second-order valence-electron chi connectivity index (χ2n) is 1.82. The van der Waals surface area contributed by atoms with Crippen molar-refractivity contribution in [1.82, 2.24) is 4.98 Å². The van der Waals surface area contributed by atoms with Gasteiger partial charge in [0.1, 0.15) is 5.52 Å². The maximum absolute atomic E-state index is 5.01. The Morgan fingerprint density at radius 1 is 1.20 bits per heavy atom. The average Bonchev–Trinajstić information content (AvgIpc) is 2.33. The van der Waals surface area contributed by atoms with Gasteiger partial charge in [0.2, 0.25) is 0 Å². The topological polar surface area (TPSA) is 26.0 Å². The molecule has 3 heteroatoms. The summed E-state index contributed by atoms with van der Waals surface area (Å²) < 4.78 is 5.01. The second kappa shape index (κ2) is 2.86. The van der Waals surface area contributed by atoms with Crippen LogP contribution in [0.2, 0.25) is 0 Å². The number of benzene rings is 1. The first kappa shape index (κ1) is 7.32. The molecule has 0 atom stereocenters. The van der Waals surface area contributed by atoms with Crippen LogP contribution in [-0.4, -0.2) is 22.1 Å². The van der Waals surface area contributed by atoms with E-state index in [4.69, 9.17) is 4.42 Å². The summed E-state index contributed by atoms with van der Waals surface area (Å²) in [6.07, 6.45) is 1.45. The van der Waals surface area contributed by atoms with Crippen LogP contribution < -0.4 is 0 Å². The fraction of sp³-hybridized carbons (Fsp3) is 0. The molecule has 0 saturated carbocycles. The number of hydrogen-bond acceptors (Lipinski definition) is 2. The van der Waals surface area contributed by atoms with E-state index in [0.29, 0.717) is 0 Å². The molecule has 0 aliphatic heterocycles. The number of rotatable bonds is 0. The SMILES string of the molecule is [Se].c1ccc2ocnc2c1. The molecule has 0 unspecified atom stereocenters. The number of fused-ring (bicyclic) bond motifs is 1. The molecule has 1 aromatic carbocycles. The molecule has 0 fully saturated rings. The Labute approximate surface area is 68.7 Å². The minimum atomic E-state index is 0. The smallest absolute Gasteiger partial charge is 0.181 e. The van der Waals surface area contributed by atoms with Crippen molar-refractivity contribution in [2.75, 3.05) is 0 Å². The van der Waals surface area contributed by atoms with E-state index in [1.54, 1.807) is 0 Å². The Morgan fingerprint density at radius 2 is 2.00 bits per heavy atom. The van der Waals surface area contributed by atoms with Gasteiger partial charge in [0.05, 0.1) is 0 Å². The van der Waals surface area contributed by atoms with Gasteiger partial charge in [0, 0.05) is 17.1 Å². The van der Waals surface area contributed by atoms with Crippen molar-refractivity contribution in [2.45, 2.75) is 0 Å². The van der Waals surface area contributed by atoms with E-state index in [-0.39, 0.29) is 17.1 Å². The van der Waals surface area contributed by atoms with Crippen molar-refractivity contribution in [3.8, 4) is 0 Å². The third kappa shape index (κ3) is 1.06. The van der Waals surface area contributed by atoms with E-state index in [1.807, 2.05) is 24.3 Å². The number of nitrogens with zero attached hydrogens (tertiary/aromatic N) is 1. The molecule has 0 spiro atoms. The molecule has 10 heavy (non-hydrogen) atoms. The number of aromatic nitrogens is 1. The molecular formula is C7H5NOSe. The molecule has 0 amide bonds. The van der Waals surface area contributed by atoms with E-state index >= 15 is 0 Å². The fourth-order valence-corrected chi connectivity index (χ4v) is 0.803. The van der Waals surface area contributed by atoms with Gasteiger partial charge in [-0.3, -0.25) is 0 Å². The summed E-state index contributed by atoms with van der Waals surface area (Å²) in [5.41, 5.74) is 1.76. The van der Waals surface area contributed by atoms with E-state index in [2.05, 4.69) is 4.98 Å². The van der Waals surface area contributed by atoms with Gasteiger partial charge in [-0.25, -0.2) is 4.98 Å². The molecule has 0 aliphatic carbocycles. The molecule has 0 N–H and O–H groups in total. The molecule has 1 heterocycles. The zero-order valence-corrected chi connectivity index (χ0v) is 6.86. The van der Waals surface area contributed by atoms with Gasteiger partial charge < -0.3 is 4.42 Å². The van der Waals surface area contributed by atoms with Gasteiger partial charge in [-0.05, 0) is 12.1 Å². The summed E-state index contributed by atoms with van der Waals surface area (Å²) in [7, 11) is 0. The predicted octanol–water partition coefficient (Wildman–Crippen LogP) is 1.45. The first-order chi connectivity index (χ1) is 4.47. The van der Waals surface area contributed by atoms with E-state index < -0.39 is 0 Å². The molecule has 0 aliphatic rings. The van der Waals surface area contributed by atoms with Gasteiger partial charge in [-0.15, -0.1) is 0 Å². The summed E-state index contributed by atoms with van der Waals surface area (Å²) in [4.78, 5) is 3.95. The maximum Gasteiger partial charge on any atom is 0.181 e. The molecule has 0 bridgehead atoms. The van der Waals surface area contributed by atoms with Crippen LogP contribution in [0.25, 0.3) is 11.1 Å². The van der Waals surface area contributed by atoms with Crippen LogP contribution in [0.15, 0.2) is 35.1 Å². The number of para-hydroxylation sites is 2. The Bertz CT molecular complexity index is 288. The van der Waals surface area contributed by atoms with Gasteiger partial charge in [0.15, 0.2) is 12.0 Å². The minimum Gasteiger partial charge on any atom is -0.443 e. The fourth-order valence-electron chi connectivity index (χ4n) is 0.803. The Kier molecular flexibility index (Phi) is 2.09. The Balaban J connectivity index is 0.000000500. The molecule has 50 valence electrons. The second-order valence-corrected chi connectivity index (χ2v) is 1.82. The first-order valence-corrected chi connectivity index (χ1v) is 2.75. The van der Waals surface area contributed by atoms with Crippen LogP contribution in [0.3, 0.4) is 0 Å². The zero-order valence-electron chi connectivity index (χ0n) is 5.15. The van der Waals surface area contributed by atoms with Gasteiger partial charge in [-0.1, -0.05) is 12.1 Å². The van der Waals surface area contributed by atoms with Crippen LogP contribution >= 0.6 is 0 Å². The summed E-state index contributed by atoms with van der Waals surface area (Å²) in [6.45, 7) is 0. The maximum atomic E-state index is 5.01. The van der Waals surface area contributed by atoms with Gasteiger partial charge >= 0.3 is 0 Å². The molecule has 2 nitrogen and oxygen atoms in total. The van der Waals surface area contributed by atoms with Gasteiger partial charge in [-0.2, -0.15) is 0 Å². The van der Waals surface area contributed by atoms with Crippen molar-refractivity contribution >= 4 is 28.2 Å². The monoisotopic (exact) mass is 199 g/mol. The quantitative estimate of drug-likeness (QED) is 0.598. The molecule has 0 saturated heterocycles. The summed E-state index contributed by atoms with van der Waals surface area (Å²) in [5.74, 6) is 0. The molecule has 2 radical (unpaired) electrons. The van der Waals surface area contributed by atoms with E-state index in [0.717, 1.165) is 11.1 Å². The minimum absolute atomic E-state index is 0. The van der Waals surface area contributed by atoms with Crippen molar-refractivity contribution < 1.29 is 4.42 Å². The van der Waals surface area contributed by atoms with Crippen LogP contribution in [0.1, 0.15) is 0 Å². The summed E-state index contributed by atoms with van der Waals surface area (Å²) in [6, 6.07) is 7.67. The van der Waals surface area contributed by atoms with Gasteiger partial charge in [0.25, 0.3) is 0 Å². The first-order valence-electron chi connectivity index (χ1n) is 2.75. The van der Waals surface area contributed by atoms with Crippen molar-refractivity contribution in [3.05, 3.63) is 30.7 Å². The van der Waals surface area contributed by atoms with Crippen molar-refractivity contribution in [2.24, 2.45) is 0 Å². The zero-order chi connectivity index (χ0) is 6.10. The average molecular weight is 198 g/mol. The van der Waals surface area contributed by atoms with Crippen LogP contribution in [-0.2, 0) is 0 Å². The number of hydrogen-bond donors (Lipinski definition) is 0. The summed E-state index contributed by atoms with van der Waals surface area (Å²) >= 11 is 0. The third-order valence-electron chi connectivity index (χ3n) is 1.24. The van der Waals surface area contributed by atoms with E-state index in [1.165, 1.54) is 6.39 Å².